The minimum Gasteiger partial charge on any atom is -0.487 e. The molecule has 5 heteroatoms. The molecule has 2 N–H and O–H groups in total. The second kappa shape index (κ2) is 5.96. The van der Waals surface area contributed by atoms with Crippen molar-refractivity contribution in [3.05, 3.63) is 57.0 Å². The summed E-state index contributed by atoms with van der Waals surface area (Å²) in [5, 5.41) is 9.38. The number of nitrogens with two attached hydrogens (primary N) is 1. The van der Waals surface area contributed by atoms with Crippen LogP contribution in [0.1, 0.15) is 11.1 Å². The van der Waals surface area contributed by atoms with Gasteiger partial charge in [-0.1, -0.05) is 33.6 Å². The van der Waals surface area contributed by atoms with Crippen molar-refractivity contribution in [2.75, 3.05) is 5.73 Å². The summed E-state index contributed by atoms with van der Waals surface area (Å²) in [4.78, 5) is 0. The lowest BCUT2D eigenvalue weighted by Crippen LogP contribution is -1.99. The minimum atomic E-state index is 0.322. The third-order valence-electron chi connectivity index (χ3n) is 2.54. The first-order valence-corrected chi connectivity index (χ1v) is 6.63. The van der Waals surface area contributed by atoms with Crippen LogP contribution in [0.4, 0.5) is 5.69 Å². The molecule has 0 aliphatic rings. The van der Waals surface area contributed by atoms with E-state index in [0.29, 0.717) is 28.6 Å². The van der Waals surface area contributed by atoms with Gasteiger partial charge in [-0.3, -0.25) is 0 Å². The lowest BCUT2D eigenvalue weighted by atomic mass is 10.2. The molecule has 0 heterocycles. The van der Waals surface area contributed by atoms with Gasteiger partial charge in [0.2, 0.25) is 0 Å². The molecule has 0 spiro atoms. The molecule has 0 fully saturated rings. The Morgan fingerprint density at radius 2 is 2.05 bits per heavy atom. The zero-order valence-corrected chi connectivity index (χ0v) is 12.2. The van der Waals surface area contributed by atoms with E-state index in [2.05, 4.69) is 15.9 Å². The highest BCUT2D eigenvalue weighted by Gasteiger charge is 2.05. The third-order valence-corrected chi connectivity index (χ3v) is 3.38. The topological polar surface area (TPSA) is 59.0 Å². The summed E-state index contributed by atoms with van der Waals surface area (Å²) in [5.74, 6) is 0.540. The normalized spacial score (nSPS) is 9.95. The quantitative estimate of drug-likeness (QED) is 0.856. The Balaban J connectivity index is 2.13. The fraction of sp³-hybridized carbons (Fsp3) is 0.0714. The molecule has 19 heavy (non-hydrogen) atoms. The van der Waals surface area contributed by atoms with Crippen molar-refractivity contribution < 1.29 is 4.74 Å². The molecule has 0 aromatic heterocycles. The summed E-state index contributed by atoms with van der Waals surface area (Å²) >= 11 is 9.44. The molecule has 2 rings (SSSR count). The highest BCUT2D eigenvalue weighted by Crippen LogP contribution is 2.26. The van der Waals surface area contributed by atoms with Gasteiger partial charge in [0, 0.05) is 15.1 Å². The Morgan fingerprint density at radius 3 is 2.68 bits per heavy atom. The lowest BCUT2D eigenvalue weighted by molar-refractivity contribution is 0.308. The smallest absolute Gasteiger partial charge is 0.142 e. The fourth-order valence-corrected chi connectivity index (χ4v) is 2.27. The van der Waals surface area contributed by atoms with E-state index in [1.165, 1.54) is 0 Å². The van der Waals surface area contributed by atoms with Crippen LogP contribution < -0.4 is 10.5 Å². The number of benzene rings is 2. The zero-order chi connectivity index (χ0) is 13.8. The van der Waals surface area contributed by atoms with E-state index in [1.807, 2.05) is 24.3 Å². The number of hydrogen-bond acceptors (Lipinski definition) is 3. The van der Waals surface area contributed by atoms with Crippen molar-refractivity contribution in [1.82, 2.24) is 0 Å². The number of halogens is 2. The first kappa shape index (κ1) is 13.7. The number of ether oxygens (including phenoxy) is 1. The molecule has 0 saturated heterocycles. The van der Waals surface area contributed by atoms with E-state index in [-0.39, 0.29) is 0 Å². The Labute approximate surface area is 124 Å². The van der Waals surface area contributed by atoms with Crippen molar-refractivity contribution in [3.63, 3.8) is 0 Å². The van der Waals surface area contributed by atoms with Crippen LogP contribution in [0.15, 0.2) is 40.9 Å². The summed E-state index contributed by atoms with van der Waals surface area (Å²) < 4.78 is 6.52. The van der Waals surface area contributed by atoms with Gasteiger partial charge in [0.15, 0.2) is 0 Å². The van der Waals surface area contributed by atoms with Gasteiger partial charge in [-0.05, 0) is 30.3 Å². The van der Waals surface area contributed by atoms with E-state index in [0.717, 1.165) is 10.0 Å². The minimum absolute atomic E-state index is 0.322. The molecular formula is C14H10BrClN2O. The van der Waals surface area contributed by atoms with Crippen LogP contribution >= 0.6 is 27.5 Å². The lowest BCUT2D eigenvalue weighted by Gasteiger charge is -2.10. The number of rotatable bonds is 3. The number of nitrogen functional groups attached to an aromatic ring is 1. The maximum absolute atomic E-state index is 8.75. The molecule has 2 aromatic carbocycles. The summed E-state index contributed by atoms with van der Waals surface area (Å²) in [6, 6.07) is 12.5. The van der Waals surface area contributed by atoms with E-state index in [1.54, 1.807) is 18.2 Å². The molecule has 2 aromatic rings. The van der Waals surface area contributed by atoms with Gasteiger partial charge in [-0.25, -0.2) is 0 Å². The molecule has 0 amide bonds. The average Bonchev–Trinajstić information content (AvgIpc) is 2.39. The molecule has 0 unspecified atom stereocenters. The standard InChI is InChI=1S/C14H10BrClN2O/c15-11-3-2-10(12(16)6-11)8-19-14-4-1-9(7-17)5-13(14)18/h1-6H,8,18H2. The number of nitrogens with zero attached hydrogens (tertiary/aromatic N) is 1. The van der Waals surface area contributed by atoms with Crippen LogP contribution in [0, 0.1) is 11.3 Å². The molecule has 3 nitrogen and oxygen atoms in total. The number of anilines is 1. The second-order valence-electron chi connectivity index (χ2n) is 3.89. The first-order chi connectivity index (χ1) is 9.10. The third kappa shape index (κ3) is 3.40. The van der Waals surface area contributed by atoms with Crippen LogP contribution in [-0.2, 0) is 6.61 Å². The Morgan fingerprint density at radius 1 is 1.26 bits per heavy atom. The molecule has 0 aliphatic carbocycles. The number of nitriles is 1. The van der Waals surface area contributed by atoms with Gasteiger partial charge in [0.25, 0.3) is 0 Å². The summed E-state index contributed by atoms with van der Waals surface area (Å²) in [5.41, 5.74) is 7.62. The number of hydrogen-bond donors (Lipinski definition) is 1. The molecule has 0 atom stereocenters. The predicted molar refractivity (Wildman–Crippen MR) is 79.1 cm³/mol. The summed E-state index contributed by atoms with van der Waals surface area (Å²) in [6.45, 7) is 0.322. The maximum atomic E-state index is 8.75. The highest BCUT2D eigenvalue weighted by molar-refractivity contribution is 9.10. The van der Waals surface area contributed by atoms with Crippen molar-refractivity contribution in [2.45, 2.75) is 6.61 Å². The van der Waals surface area contributed by atoms with Crippen LogP contribution in [0.25, 0.3) is 0 Å². The van der Waals surface area contributed by atoms with Gasteiger partial charge in [0.1, 0.15) is 12.4 Å². The van der Waals surface area contributed by atoms with Crippen molar-refractivity contribution in [3.8, 4) is 11.8 Å². The monoisotopic (exact) mass is 336 g/mol. The van der Waals surface area contributed by atoms with E-state index < -0.39 is 0 Å². The van der Waals surface area contributed by atoms with Gasteiger partial charge < -0.3 is 10.5 Å². The Bertz CT molecular complexity index is 652. The zero-order valence-electron chi connectivity index (χ0n) is 9.86. The van der Waals surface area contributed by atoms with Gasteiger partial charge in [-0.2, -0.15) is 5.26 Å². The Hall–Kier alpha value is -1.70. The van der Waals surface area contributed by atoms with Crippen molar-refractivity contribution in [2.24, 2.45) is 0 Å². The predicted octanol–water partition coefficient (Wildman–Crippen LogP) is 4.14. The highest BCUT2D eigenvalue weighted by atomic mass is 79.9. The van der Waals surface area contributed by atoms with Crippen LogP contribution in [0.5, 0.6) is 5.75 Å². The molecule has 96 valence electrons. The van der Waals surface area contributed by atoms with Crippen LogP contribution in [0.2, 0.25) is 5.02 Å². The van der Waals surface area contributed by atoms with Gasteiger partial charge in [-0.15, -0.1) is 0 Å². The van der Waals surface area contributed by atoms with Gasteiger partial charge >= 0.3 is 0 Å². The first-order valence-electron chi connectivity index (χ1n) is 5.46. The molecule has 0 saturated carbocycles. The maximum Gasteiger partial charge on any atom is 0.142 e. The summed E-state index contributed by atoms with van der Waals surface area (Å²) in [6.07, 6.45) is 0. The largest absolute Gasteiger partial charge is 0.487 e. The summed E-state index contributed by atoms with van der Waals surface area (Å²) in [7, 11) is 0. The average molecular weight is 338 g/mol. The van der Waals surface area contributed by atoms with Crippen molar-refractivity contribution in [1.29, 1.82) is 5.26 Å². The molecule has 0 radical (unpaired) electrons. The SMILES string of the molecule is N#Cc1ccc(OCc2ccc(Br)cc2Cl)c(N)c1. The second-order valence-corrected chi connectivity index (χ2v) is 5.21. The van der Waals surface area contributed by atoms with E-state index >= 15 is 0 Å². The van der Waals surface area contributed by atoms with Gasteiger partial charge in [0.05, 0.1) is 17.3 Å². The van der Waals surface area contributed by atoms with E-state index in [4.69, 9.17) is 27.3 Å². The Kier molecular flexibility index (Phi) is 4.31. The van der Waals surface area contributed by atoms with Crippen LogP contribution in [-0.4, -0.2) is 0 Å². The molecular weight excluding hydrogens is 328 g/mol. The molecule has 0 aliphatic heterocycles. The fourth-order valence-electron chi connectivity index (χ4n) is 1.54. The van der Waals surface area contributed by atoms with E-state index in [9.17, 15) is 0 Å². The van der Waals surface area contributed by atoms with Crippen LogP contribution in [0.3, 0.4) is 0 Å². The van der Waals surface area contributed by atoms with Crippen molar-refractivity contribution >= 4 is 33.2 Å². The molecule has 0 bridgehead atoms.